The van der Waals surface area contributed by atoms with Crippen molar-refractivity contribution in [3.05, 3.63) is 90.5 Å². The summed E-state index contributed by atoms with van der Waals surface area (Å²) in [4.78, 5) is 2.42. The van der Waals surface area contributed by atoms with Gasteiger partial charge in [-0.2, -0.15) is 0 Å². The van der Waals surface area contributed by atoms with Gasteiger partial charge in [0.15, 0.2) is 0 Å². The smallest absolute Gasteiger partial charge is 0.148 e. The maximum Gasteiger partial charge on any atom is 0.148 e. The molecular formula is C29H37FN2. The lowest BCUT2D eigenvalue weighted by molar-refractivity contribution is 0.122. The Balaban J connectivity index is 1.94. The minimum Gasteiger partial charge on any atom is -0.371 e. The molecule has 0 aliphatic carbocycles. The largest absolute Gasteiger partial charge is 0.371 e. The van der Waals surface area contributed by atoms with E-state index in [0.29, 0.717) is 13.0 Å². The van der Waals surface area contributed by atoms with Gasteiger partial charge in [0.25, 0.3) is 0 Å². The third-order valence-corrected chi connectivity index (χ3v) is 6.29. The fourth-order valence-corrected chi connectivity index (χ4v) is 4.50. The van der Waals surface area contributed by atoms with E-state index in [2.05, 4.69) is 73.6 Å². The predicted octanol–water partition coefficient (Wildman–Crippen LogP) is 7.03. The van der Waals surface area contributed by atoms with E-state index < -0.39 is 5.67 Å². The molecule has 0 bridgehead atoms. The normalized spacial score (nSPS) is 18.9. The van der Waals surface area contributed by atoms with Crippen molar-refractivity contribution in [3.8, 4) is 11.1 Å². The highest BCUT2D eigenvalue weighted by Gasteiger charge is 2.33. The first kappa shape index (κ1) is 24.0. The molecule has 0 spiro atoms. The fraction of sp³-hybridized carbons (Fsp3) is 0.379. The Morgan fingerprint density at radius 2 is 1.88 bits per heavy atom. The molecule has 0 radical (unpaired) electrons. The van der Waals surface area contributed by atoms with Crippen molar-refractivity contribution in [2.45, 2.75) is 45.2 Å². The molecule has 2 aromatic carbocycles. The van der Waals surface area contributed by atoms with E-state index in [0.717, 1.165) is 55.6 Å². The number of hydrogen-bond acceptors (Lipinski definition) is 2. The molecule has 2 aromatic rings. The van der Waals surface area contributed by atoms with Crippen LogP contribution in [0.15, 0.2) is 73.9 Å². The van der Waals surface area contributed by atoms with E-state index in [4.69, 9.17) is 0 Å². The van der Waals surface area contributed by atoms with E-state index in [1.807, 2.05) is 24.3 Å². The molecular weight excluding hydrogens is 395 g/mol. The Morgan fingerprint density at radius 3 is 2.50 bits per heavy atom. The summed E-state index contributed by atoms with van der Waals surface area (Å²) in [5, 5.41) is 3.19. The van der Waals surface area contributed by atoms with Gasteiger partial charge in [-0.1, -0.05) is 62.1 Å². The van der Waals surface area contributed by atoms with E-state index >= 15 is 4.39 Å². The van der Waals surface area contributed by atoms with Gasteiger partial charge in [0, 0.05) is 30.9 Å². The Bertz CT molecular complexity index is 936. The molecule has 1 saturated heterocycles. The third-order valence-electron chi connectivity index (χ3n) is 6.29. The summed E-state index contributed by atoms with van der Waals surface area (Å²) in [6.07, 6.45) is 9.42. The average Bonchev–Trinajstić information content (AvgIpc) is 2.81. The van der Waals surface area contributed by atoms with Crippen LogP contribution in [0.1, 0.15) is 49.3 Å². The number of hydrogen-bond donors (Lipinski definition) is 1. The quantitative estimate of drug-likeness (QED) is 0.320. The minimum absolute atomic E-state index is 0.398. The van der Waals surface area contributed by atoms with Gasteiger partial charge < -0.3 is 10.2 Å². The summed E-state index contributed by atoms with van der Waals surface area (Å²) in [6.45, 7) is 15.4. The van der Waals surface area contributed by atoms with Crippen LogP contribution in [0.4, 0.5) is 4.39 Å². The highest BCUT2D eigenvalue weighted by Crippen LogP contribution is 2.35. The van der Waals surface area contributed by atoms with Crippen molar-refractivity contribution in [3.63, 3.8) is 0 Å². The lowest BCUT2D eigenvalue weighted by Gasteiger charge is -2.30. The van der Waals surface area contributed by atoms with Crippen LogP contribution >= 0.6 is 0 Å². The number of nitrogens with one attached hydrogen (secondary N) is 1. The van der Waals surface area contributed by atoms with Crippen LogP contribution in [0, 0.1) is 6.92 Å². The van der Waals surface area contributed by atoms with Crippen molar-refractivity contribution >= 4 is 5.70 Å². The summed E-state index contributed by atoms with van der Waals surface area (Å²) >= 11 is 0. The van der Waals surface area contributed by atoms with E-state index in [-0.39, 0.29) is 0 Å². The van der Waals surface area contributed by atoms with Crippen LogP contribution in [0.2, 0.25) is 0 Å². The second-order valence-electron chi connectivity index (χ2n) is 8.70. The summed E-state index contributed by atoms with van der Waals surface area (Å²) < 4.78 is 15.3. The van der Waals surface area contributed by atoms with E-state index in [1.165, 1.54) is 16.8 Å². The number of aryl methyl sites for hydroxylation is 1. The average molecular weight is 433 g/mol. The van der Waals surface area contributed by atoms with Crippen LogP contribution in [-0.2, 0) is 5.67 Å². The summed E-state index contributed by atoms with van der Waals surface area (Å²) in [5.74, 6) is 0. The molecule has 3 heteroatoms. The number of allylic oxidation sites excluding steroid dienone is 2. The van der Waals surface area contributed by atoms with Gasteiger partial charge in [0.2, 0.25) is 0 Å². The van der Waals surface area contributed by atoms with Gasteiger partial charge >= 0.3 is 0 Å². The van der Waals surface area contributed by atoms with Crippen LogP contribution in [-0.4, -0.2) is 31.1 Å². The molecule has 3 rings (SSSR count). The van der Waals surface area contributed by atoms with Crippen molar-refractivity contribution < 1.29 is 4.39 Å². The zero-order valence-corrected chi connectivity index (χ0v) is 19.7. The Morgan fingerprint density at radius 1 is 1.12 bits per heavy atom. The molecule has 1 heterocycles. The molecule has 1 aliphatic heterocycles. The van der Waals surface area contributed by atoms with Crippen LogP contribution < -0.4 is 5.32 Å². The van der Waals surface area contributed by atoms with Gasteiger partial charge in [-0.15, -0.1) is 6.58 Å². The molecule has 1 N–H and O–H groups in total. The third kappa shape index (κ3) is 5.58. The summed E-state index contributed by atoms with van der Waals surface area (Å²) in [5.41, 5.74) is 5.38. The highest BCUT2D eigenvalue weighted by atomic mass is 19.1. The summed E-state index contributed by atoms with van der Waals surface area (Å²) in [6, 6.07) is 14.6. The van der Waals surface area contributed by atoms with E-state index in [9.17, 15) is 0 Å². The molecule has 170 valence electrons. The molecule has 1 aliphatic rings. The molecule has 0 saturated carbocycles. The van der Waals surface area contributed by atoms with Crippen molar-refractivity contribution in [2.24, 2.45) is 0 Å². The maximum absolute atomic E-state index is 15.3. The fourth-order valence-electron chi connectivity index (χ4n) is 4.50. The first-order valence-corrected chi connectivity index (χ1v) is 11.8. The van der Waals surface area contributed by atoms with Crippen LogP contribution in [0.3, 0.4) is 0 Å². The second-order valence-corrected chi connectivity index (χ2v) is 8.70. The molecule has 1 atom stereocenters. The number of benzene rings is 2. The topological polar surface area (TPSA) is 15.3 Å². The van der Waals surface area contributed by atoms with Gasteiger partial charge in [-0.3, -0.25) is 0 Å². The molecule has 0 unspecified atom stereocenters. The highest BCUT2D eigenvalue weighted by molar-refractivity contribution is 5.75. The Kier molecular flexibility index (Phi) is 8.46. The zero-order chi connectivity index (χ0) is 23.0. The monoisotopic (exact) mass is 432 g/mol. The molecule has 0 amide bonds. The molecule has 2 nitrogen and oxygen atoms in total. The molecule has 0 aromatic heterocycles. The number of nitrogens with zero attached hydrogens (tertiary/aromatic N) is 1. The lowest BCUT2D eigenvalue weighted by atomic mass is 9.87. The van der Waals surface area contributed by atoms with Gasteiger partial charge in [0.1, 0.15) is 5.67 Å². The minimum atomic E-state index is -1.26. The Hall–Kier alpha value is -2.65. The maximum atomic E-state index is 15.3. The number of halogens is 1. The van der Waals surface area contributed by atoms with Gasteiger partial charge in [0.05, 0.1) is 0 Å². The lowest BCUT2D eigenvalue weighted by Crippen LogP contribution is -2.40. The Labute approximate surface area is 193 Å². The number of rotatable bonds is 10. The van der Waals surface area contributed by atoms with Crippen LogP contribution in [0.5, 0.6) is 0 Å². The summed E-state index contributed by atoms with van der Waals surface area (Å²) in [7, 11) is 0. The first-order valence-electron chi connectivity index (χ1n) is 11.8. The van der Waals surface area contributed by atoms with E-state index in [1.54, 1.807) is 0 Å². The SMILES string of the molecule is C=C/C=C(\c1cc(-c2ccc([C@]3(F)CCCNC3)cc2)ccc1C)N(CCC)CCC=C. The van der Waals surface area contributed by atoms with Gasteiger partial charge in [-0.25, -0.2) is 4.39 Å². The van der Waals surface area contributed by atoms with Gasteiger partial charge in [-0.05, 0) is 73.5 Å². The molecule has 32 heavy (non-hydrogen) atoms. The second kappa shape index (κ2) is 11.3. The predicted molar refractivity (Wildman–Crippen MR) is 136 cm³/mol. The zero-order valence-electron chi connectivity index (χ0n) is 19.7. The molecule has 1 fully saturated rings. The standard InChI is InChI=1S/C29H37FN2/c1-5-8-20-32(19-7-3)28(10-6-2)27-21-25(12-11-23(27)4)24-13-15-26(16-14-24)29(30)17-9-18-31-22-29/h5-6,10-16,21,31H,1-2,7-9,17-20,22H2,3-4H3/b28-10+/t29-/m0/s1. The van der Waals surface area contributed by atoms with Crippen molar-refractivity contribution in [1.29, 1.82) is 0 Å². The van der Waals surface area contributed by atoms with Crippen molar-refractivity contribution in [1.82, 2.24) is 10.2 Å². The van der Waals surface area contributed by atoms with Crippen LogP contribution in [0.25, 0.3) is 16.8 Å². The number of piperidine rings is 1. The van der Waals surface area contributed by atoms with Crippen molar-refractivity contribution in [2.75, 3.05) is 26.2 Å². The first-order chi connectivity index (χ1) is 15.5. The number of alkyl halides is 1.